The van der Waals surface area contributed by atoms with Crippen LogP contribution in [0, 0.1) is 10.1 Å². The van der Waals surface area contributed by atoms with Gasteiger partial charge in [-0.2, -0.15) is 0 Å². The van der Waals surface area contributed by atoms with E-state index < -0.39 is 10.7 Å². The quantitative estimate of drug-likeness (QED) is 0.517. The monoisotopic (exact) mass is 327 g/mol. The van der Waals surface area contributed by atoms with E-state index in [1.165, 1.54) is 29.2 Å². The van der Waals surface area contributed by atoms with Crippen molar-refractivity contribution in [3.05, 3.63) is 69.3 Å². The predicted octanol–water partition coefficient (Wildman–Crippen LogP) is 2.57. The third kappa shape index (κ3) is 3.24. The number of amides is 1. The first-order valence-electron chi connectivity index (χ1n) is 7.18. The molecule has 24 heavy (non-hydrogen) atoms. The van der Waals surface area contributed by atoms with Crippen LogP contribution < -0.4 is 5.32 Å². The van der Waals surface area contributed by atoms with Crippen molar-refractivity contribution in [1.82, 2.24) is 4.90 Å². The van der Waals surface area contributed by atoms with Crippen molar-refractivity contribution in [1.29, 1.82) is 0 Å². The SMILES string of the molecule is CNc1ccc(C(=O)c2ccccc2C(=O)N(C)C)cc1[N+](=O)[O-]. The maximum atomic E-state index is 12.8. The minimum Gasteiger partial charge on any atom is -0.383 e. The third-order valence-corrected chi connectivity index (χ3v) is 3.53. The number of anilines is 1. The van der Waals surface area contributed by atoms with E-state index in [-0.39, 0.29) is 28.3 Å². The van der Waals surface area contributed by atoms with Crippen LogP contribution in [0.2, 0.25) is 0 Å². The lowest BCUT2D eigenvalue weighted by Gasteiger charge is -2.13. The average Bonchev–Trinajstić information content (AvgIpc) is 2.59. The molecule has 0 aliphatic heterocycles. The Morgan fingerprint density at radius 1 is 1.08 bits per heavy atom. The Morgan fingerprint density at radius 2 is 1.71 bits per heavy atom. The second kappa shape index (κ2) is 6.91. The molecule has 0 aliphatic carbocycles. The lowest BCUT2D eigenvalue weighted by Crippen LogP contribution is -2.24. The fourth-order valence-electron chi connectivity index (χ4n) is 2.30. The molecule has 1 amide bonds. The second-order valence-corrected chi connectivity index (χ2v) is 5.31. The summed E-state index contributed by atoms with van der Waals surface area (Å²) in [6, 6.07) is 10.6. The molecular weight excluding hydrogens is 310 g/mol. The number of benzene rings is 2. The van der Waals surface area contributed by atoms with Gasteiger partial charge >= 0.3 is 0 Å². The van der Waals surface area contributed by atoms with Gasteiger partial charge in [0, 0.05) is 38.3 Å². The van der Waals surface area contributed by atoms with Gasteiger partial charge in [-0.3, -0.25) is 19.7 Å². The van der Waals surface area contributed by atoms with Crippen molar-refractivity contribution in [2.45, 2.75) is 0 Å². The zero-order valence-electron chi connectivity index (χ0n) is 13.6. The summed E-state index contributed by atoms with van der Waals surface area (Å²) in [5, 5.41) is 13.9. The van der Waals surface area contributed by atoms with Crippen LogP contribution in [-0.4, -0.2) is 42.7 Å². The summed E-state index contributed by atoms with van der Waals surface area (Å²) in [5.41, 5.74) is 0.740. The van der Waals surface area contributed by atoms with Crippen molar-refractivity contribution >= 4 is 23.1 Å². The van der Waals surface area contributed by atoms with E-state index in [1.807, 2.05) is 0 Å². The Morgan fingerprint density at radius 3 is 2.25 bits per heavy atom. The smallest absolute Gasteiger partial charge is 0.293 e. The molecule has 0 aromatic heterocycles. The number of hydrogen-bond donors (Lipinski definition) is 1. The summed E-state index contributed by atoms with van der Waals surface area (Å²) in [7, 11) is 4.75. The molecule has 0 heterocycles. The van der Waals surface area contributed by atoms with Crippen molar-refractivity contribution < 1.29 is 14.5 Å². The summed E-state index contributed by atoms with van der Waals surface area (Å²) in [6.07, 6.45) is 0. The number of ketones is 1. The van der Waals surface area contributed by atoms with Crippen LogP contribution in [0.15, 0.2) is 42.5 Å². The van der Waals surface area contributed by atoms with Gasteiger partial charge in [0.05, 0.1) is 10.5 Å². The average molecular weight is 327 g/mol. The number of rotatable bonds is 5. The van der Waals surface area contributed by atoms with Gasteiger partial charge in [0.25, 0.3) is 11.6 Å². The molecule has 1 N–H and O–H groups in total. The fourth-order valence-corrected chi connectivity index (χ4v) is 2.30. The lowest BCUT2D eigenvalue weighted by molar-refractivity contribution is -0.384. The van der Waals surface area contributed by atoms with Gasteiger partial charge < -0.3 is 10.2 Å². The van der Waals surface area contributed by atoms with Crippen molar-refractivity contribution in [3.63, 3.8) is 0 Å². The fraction of sp³-hybridized carbons (Fsp3) is 0.176. The summed E-state index contributed by atoms with van der Waals surface area (Å²) in [5.74, 6) is -0.744. The van der Waals surface area contributed by atoms with E-state index in [9.17, 15) is 19.7 Å². The molecule has 0 atom stereocenters. The molecule has 0 fully saturated rings. The number of nitro groups is 1. The Balaban J connectivity index is 2.53. The van der Waals surface area contributed by atoms with Crippen LogP contribution in [0.3, 0.4) is 0 Å². The largest absolute Gasteiger partial charge is 0.383 e. The van der Waals surface area contributed by atoms with E-state index in [4.69, 9.17) is 0 Å². The Bertz CT molecular complexity index is 815. The molecule has 2 rings (SSSR count). The predicted molar refractivity (Wildman–Crippen MR) is 90.5 cm³/mol. The summed E-state index contributed by atoms with van der Waals surface area (Å²) >= 11 is 0. The topological polar surface area (TPSA) is 92.6 Å². The Kier molecular flexibility index (Phi) is 4.93. The zero-order chi connectivity index (χ0) is 17.9. The van der Waals surface area contributed by atoms with Gasteiger partial charge in [0.1, 0.15) is 5.69 Å². The summed E-state index contributed by atoms with van der Waals surface area (Å²) in [4.78, 5) is 37.0. The molecule has 0 bridgehead atoms. The Hall–Kier alpha value is -3.22. The maximum Gasteiger partial charge on any atom is 0.293 e. The molecule has 7 heteroatoms. The molecule has 0 spiro atoms. The van der Waals surface area contributed by atoms with Gasteiger partial charge in [-0.15, -0.1) is 0 Å². The molecule has 0 radical (unpaired) electrons. The first-order valence-corrected chi connectivity index (χ1v) is 7.18. The number of nitrogens with zero attached hydrogens (tertiary/aromatic N) is 2. The summed E-state index contributed by atoms with van der Waals surface area (Å²) in [6.45, 7) is 0. The van der Waals surface area contributed by atoms with Crippen LogP contribution >= 0.6 is 0 Å². The molecule has 0 saturated carbocycles. The standard InChI is InChI=1S/C17H17N3O4/c1-18-14-9-8-11(10-15(14)20(23)24)16(21)12-6-4-5-7-13(12)17(22)19(2)3/h4-10,18H,1-3H3. The van der Waals surface area contributed by atoms with E-state index in [0.29, 0.717) is 5.69 Å². The van der Waals surface area contributed by atoms with E-state index >= 15 is 0 Å². The number of nitro benzene ring substituents is 1. The van der Waals surface area contributed by atoms with Gasteiger partial charge in [-0.05, 0) is 18.2 Å². The minimum atomic E-state index is -0.556. The van der Waals surface area contributed by atoms with Crippen molar-refractivity contribution in [3.8, 4) is 0 Å². The minimum absolute atomic E-state index is 0.153. The first-order chi connectivity index (χ1) is 11.4. The van der Waals surface area contributed by atoms with Gasteiger partial charge in [-0.1, -0.05) is 18.2 Å². The van der Waals surface area contributed by atoms with Crippen LogP contribution in [0.4, 0.5) is 11.4 Å². The third-order valence-electron chi connectivity index (χ3n) is 3.53. The van der Waals surface area contributed by atoms with Crippen molar-refractivity contribution in [2.24, 2.45) is 0 Å². The number of carbonyl (C=O) groups excluding carboxylic acids is 2. The molecule has 7 nitrogen and oxygen atoms in total. The van der Waals surface area contributed by atoms with E-state index in [0.717, 1.165) is 0 Å². The number of nitrogens with one attached hydrogen (secondary N) is 1. The maximum absolute atomic E-state index is 12.8. The van der Waals surface area contributed by atoms with Crippen LogP contribution in [0.25, 0.3) is 0 Å². The van der Waals surface area contributed by atoms with E-state index in [2.05, 4.69) is 5.32 Å². The van der Waals surface area contributed by atoms with E-state index in [1.54, 1.807) is 39.3 Å². The molecule has 2 aromatic carbocycles. The first kappa shape index (κ1) is 17.1. The molecule has 0 unspecified atom stereocenters. The highest BCUT2D eigenvalue weighted by Gasteiger charge is 2.22. The lowest BCUT2D eigenvalue weighted by atomic mass is 9.97. The van der Waals surface area contributed by atoms with Gasteiger partial charge in [-0.25, -0.2) is 0 Å². The second-order valence-electron chi connectivity index (χ2n) is 5.31. The normalized spacial score (nSPS) is 10.1. The molecule has 0 aliphatic rings. The number of hydrogen-bond acceptors (Lipinski definition) is 5. The van der Waals surface area contributed by atoms with Crippen molar-refractivity contribution in [2.75, 3.05) is 26.5 Å². The van der Waals surface area contributed by atoms with Gasteiger partial charge in [0.15, 0.2) is 5.78 Å². The van der Waals surface area contributed by atoms with Crippen LogP contribution in [0.1, 0.15) is 26.3 Å². The Labute approximate surface area is 139 Å². The van der Waals surface area contributed by atoms with Gasteiger partial charge in [0.2, 0.25) is 0 Å². The van der Waals surface area contributed by atoms with Crippen LogP contribution in [-0.2, 0) is 0 Å². The highest BCUT2D eigenvalue weighted by Crippen LogP contribution is 2.27. The number of carbonyl (C=O) groups is 2. The highest BCUT2D eigenvalue weighted by molar-refractivity contribution is 6.15. The molecule has 0 saturated heterocycles. The van der Waals surface area contributed by atoms with Crippen LogP contribution in [0.5, 0.6) is 0 Å². The molecule has 2 aromatic rings. The summed E-state index contributed by atoms with van der Waals surface area (Å²) < 4.78 is 0. The molecule has 124 valence electrons. The highest BCUT2D eigenvalue weighted by atomic mass is 16.6. The zero-order valence-corrected chi connectivity index (χ0v) is 13.6. The molecular formula is C17H17N3O4.